The van der Waals surface area contributed by atoms with Crippen LogP contribution in [-0.2, 0) is 11.2 Å². The largest absolute Gasteiger partial charge is 0.493 e. The number of benzene rings is 1. The van der Waals surface area contributed by atoms with Crippen LogP contribution >= 0.6 is 0 Å². The summed E-state index contributed by atoms with van der Waals surface area (Å²) in [7, 11) is 1.55. The van der Waals surface area contributed by atoms with Crippen molar-refractivity contribution in [2.75, 3.05) is 20.3 Å². The van der Waals surface area contributed by atoms with Crippen LogP contribution in [0.2, 0.25) is 0 Å². The molecule has 0 bridgehead atoms. The molecule has 0 unspecified atom stereocenters. The van der Waals surface area contributed by atoms with Gasteiger partial charge < -0.3 is 19.8 Å². The van der Waals surface area contributed by atoms with Crippen molar-refractivity contribution in [3.8, 4) is 22.9 Å². The van der Waals surface area contributed by atoms with E-state index in [0.29, 0.717) is 42.0 Å². The number of hydrogen-bond donors (Lipinski definition) is 2. The average molecular weight is 386 g/mol. The molecule has 8 heteroatoms. The molecule has 2 aromatic rings. The van der Waals surface area contributed by atoms with Gasteiger partial charge >= 0.3 is 0 Å². The summed E-state index contributed by atoms with van der Waals surface area (Å²) in [6.07, 6.45) is 1.95. The smallest absolute Gasteiger partial charge is 0.273 e. The Kier molecular flexibility index (Phi) is 7.74. The summed E-state index contributed by atoms with van der Waals surface area (Å²) >= 11 is 0. The van der Waals surface area contributed by atoms with Gasteiger partial charge in [0.25, 0.3) is 5.56 Å². The summed E-state index contributed by atoms with van der Waals surface area (Å²) in [6.45, 7) is 8.61. The molecule has 0 saturated carbocycles. The number of hydrogen-bond acceptors (Lipinski definition) is 6. The number of aryl methyl sites for hydroxylation is 1. The third-order valence-electron chi connectivity index (χ3n) is 3.81. The molecule has 1 aromatic heterocycles. The second kappa shape index (κ2) is 10.2. The van der Waals surface area contributed by atoms with E-state index in [-0.39, 0.29) is 30.0 Å². The zero-order valence-electron chi connectivity index (χ0n) is 16.4. The second-order valence-corrected chi connectivity index (χ2v) is 6.61. The Morgan fingerprint density at radius 3 is 2.75 bits per heavy atom. The first-order valence-corrected chi connectivity index (χ1v) is 9.09. The zero-order valence-corrected chi connectivity index (χ0v) is 16.4. The van der Waals surface area contributed by atoms with Crippen LogP contribution in [0.25, 0.3) is 11.4 Å². The predicted octanol–water partition coefficient (Wildman–Crippen LogP) is 2.11. The maximum Gasteiger partial charge on any atom is 0.273 e. The first kappa shape index (κ1) is 21.1. The maximum absolute atomic E-state index is 12.3. The lowest BCUT2D eigenvalue weighted by molar-refractivity contribution is -0.120. The van der Waals surface area contributed by atoms with Gasteiger partial charge in [-0.2, -0.15) is 0 Å². The van der Waals surface area contributed by atoms with Gasteiger partial charge in [0, 0.05) is 24.9 Å². The lowest BCUT2D eigenvalue weighted by Gasteiger charge is -2.13. The highest BCUT2D eigenvalue weighted by Crippen LogP contribution is 2.31. The van der Waals surface area contributed by atoms with Crippen LogP contribution in [0.5, 0.6) is 11.5 Å². The molecule has 0 saturated heterocycles. The van der Waals surface area contributed by atoms with E-state index in [9.17, 15) is 9.59 Å². The van der Waals surface area contributed by atoms with E-state index in [1.54, 1.807) is 31.4 Å². The van der Waals surface area contributed by atoms with Crippen molar-refractivity contribution in [3.63, 3.8) is 0 Å². The second-order valence-electron chi connectivity index (χ2n) is 6.61. The molecule has 28 heavy (non-hydrogen) atoms. The highest BCUT2D eigenvalue weighted by Gasteiger charge is 2.12. The Morgan fingerprint density at radius 2 is 2.11 bits per heavy atom. The fourth-order valence-electron chi connectivity index (χ4n) is 2.35. The lowest BCUT2D eigenvalue weighted by atomic mass is 10.2. The number of methoxy groups -OCH3 is 1. The van der Waals surface area contributed by atoms with Crippen molar-refractivity contribution in [3.05, 3.63) is 46.9 Å². The van der Waals surface area contributed by atoms with Crippen molar-refractivity contribution < 1.29 is 14.3 Å². The third-order valence-corrected chi connectivity index (χ3v) is 3.81. The molecular formula is C20H26N4O4. The van der Waals surface area contributed by atoms with E-state index in [2.05, 4.69) is 40.9 Å². The topological polar surface area (TPSA) is 106 Å². The molecule has 0 aliphatic carbocycles. The van der Waals surface area contributed by atoms with E-state index in [1.165, 1.54) is 0 Å². The molecule has 0 fully saturated rings. The van der Waals surface area contributed by atoms with Gasteiger partial charge in [-0.15, -0.1) is 16.8 Å². The highest BCUT2D eigenvalue weighted by atomic mass is 16.5. The zero-order chi connectivity index (χ0) is 20.5. The lowest BCUT2D eigenvalue weighted by Crippen LogP contribution is -2.25. The fraction of sp³-hybridized carbons (Fsp3) is 0.400. The van der Waals surface area contributed by atoms with Crippen LogP contribution in [0.1, 0.15) is 26.0 Å². The number of aromatic amines is 1. The number of amides is 1. The van der Waals surface area contributed by atoms with Gasteiger partial charge in [0.15, 0.2) is 17.3 Å². The Hall–Kier alpha value is -3.16. The molecule has 1 amide bonds. The quantitative estimate of drug-likeness (QED) is 0.606. The van der Waals surface area contributed by atoms with E-state index >= 15 is 0 Å². The molecule has 1 heterocycles. The van der Waals surface area contributed by atoms with E-state index in [0.717, 1.165) is 0 Å². The number of ether oxygens (including phenoxy) is 2. The first-order valence-electron chi connectivity index (χ1n) is 9.09. The summed E-state index contributed by atoms with van der Waals surface area (Å²) in [6, 6.07) is 5.28. The molecule has 0 atom stereocenters. The number of carbonyl (C=O) groups excluding carboxylic acids is 1. The van der Waals surface area contributed by atoms with Gasteiger partial charge in [0.2, 0.25) is 5.91 Å². The Morgan fingerprint density at radius 1 is 1.32 bits per heavy atom. The standard InChI is InChI=1S/C20H26N4O4/c1-5-10-21-18(25)9-7-15-20(26)22-19(24-23-15)14-6-8-16(17(11-14)27-4)28-12-13(2)3/h5-6,8,11,13H,1,7,9-10,12H2,2-4H3,(H,21,25)(H,22,24,26). The molecule has 8 nitrogen and oxygen atoms in total. The molecule has 2 rings (SSSR count). The minimum absolute atomic E-state index is 0.153. The number of carbonyl (C=O) groups is 1. The molecule has 2 N–H and O–H groups in total. The Balaban J connectivity index is 2.13. The van der Waals surface area contributed by atoms with Crippen molar-refractivity contribution in [2.45, 2.75) is 26.7 Å². The van der Waals surface area contributed by atoms with Crippen LogP contribution in [0, 0.1) is 5.92 Å². The maximum atomic E-state index is 12.3. The molecule has 150 valence electrons. The van der Waals surface area contributed by atoms with Crippen LogP contribution in [-0.4, -0.2) is 41.3 Å². The predicted molar refractivity (Wildman–Crippen MR) is 107 cm³/mol. The fourth-order valence-corrected chi connectivity index (χ4v) is 2.35. The van der Waals surface area contributed by atoms with Crippen molar-refractivity contribution in [1.82, 2.24) is 20.5 Å². The minimum atomic E-state index is -0.374. The molecule has 0 radical (unpaired) electrons. The van der Waals surface area contributed by atoms with Gasteiger partial charge in [-0.05, 0) is 24.1 Å². The molecule has 1 aromatic carbocycles. The van der Waals surface area contributed by atoms with Crippen LogP contribution in [0.15, 0.2) is 35.6 Å². The SMILES string of the molecule is C=CCNC(=O)CCc1nnc(-c2ccc(OCC(C)C)c(OC)c2)[nH]c1=O. The Labute approximate surface area is 164 Å². The Bertz CT molecular complexity index is 877. The van der Waals surface area contributed by atoms with E-state index < -0.39 is 0 Å². The summed E-state index contributed by atoms with van der Waals surface area (Å²) in [5, 5.41) is 10.7. The van der Waals surface area contributed by atoms with Gasteiger partial charge in [-0.25, -0.2) is 0 Å². The van der Waals surface area contributed by atoms with E-state index in [4.69, 9.17) is 9.47 Å². The molecule has 0 aliphatic heterocycles. The van der Waals surface area contributed by atoms with Gasteiger partial charge in [0.05, 0.1) is 13.7 Å². The monoisotopic (exact) mass is 386 g/mol. The minimum Gasteiger partial charge on any atom is -0.493 e. The van der Waals surface area contributed by atoms with Crippen molar-refractivity contribution in [2.24, 2.45) is 5.92 Å². The van der Waals surface area contributed by atoms with Crippen molar-refractivity contribution in [1.29, 1.82) is 0 Å². The summed E-state index contributed by atoms with van der Waals surface area (Å²) in [5.41, 5.74) is 0.482. The number of aromatic nitrogens is 3. The van der Waals surface area contributed by atoms with E-state index in [1.807, 2.05) is 0 Å². The first-order chi connectivity index (χ1) is 13.4. The number of H-pyrrole nitrogens is 1. The number of rotatable bonds is 10. The summed E-state index contributed by atoms with van der Waals surface area (Å²) < 4.78 is 11.1. The number of nitrogens with zero attached hydrogens (tertiary/aromatic N) is 2. The van der Waals surface area contributed by atoms with Gasteiger partial charge in [-0.3, -0.25) is 9.59 Å². The van der Waals surface area contributed by atoms with Crippen LogP contribution < -0.4 is 20.3 Å². The van der Waals surface area contributed by atoms with Crippen LogP contribution in [0.3, 0.4) is 0 Å². The number of nitrogens with one attached hydrogen (secondary N) is 2. The summed E-state index contributed by atoms with van der Waals surface area (Å²) in [4.78, 5) is 26.6. The third kappa shape index (κ3) is 5.94. The molecular weight excluding hydrogens is 360 g/mol. The van der Waals surface area contributed by atoms with Crippen LogP contribution in [0.4, 0.5) is 0 Å². The van der Waals surface area contributed by atoms with Gasteiger partial charge in [-0.1, -0.05) is 19.9 Å². The molecule has 0 aliphatic rings. The van der Waals surface area contributed by atoms with Crippen molar-refractivity contribution >= 4 is 5.91 Å². The van der Waals surface area contributed by atoms with Gasteiger partial charge in [0.1, 0.15) is 5.69 Å². The normalized spacial score (nSPS) is 10.6. The highest BCUT2D eigenvalue weighted by molar-refractivity contribution is 5.76. The molecule has 0 spiro atoms. The average Bonchev–Trinajstić information content (AvgIpc) is 2.69. The summed E-state index contributed by atoms with van der Waals surface area (Å²) in [5.74, 6) is 1.70.